The topological polar surface area (TPSA) is 49.6 Å². The van der Waals surface area contributed by atoms with Crippen molar-refractivity contribution in [2.24, 2.45) is 11.1 Å². The van der Waals surface area contributed by atoms with E-state index in [-0.39, 0.29) is 23.9 Å². The summed E-state index contributed by atoms with van der Waals surface area (Å²) in [6, 6.07) is 0.470. The summed E-state index contributed by atoms with van der Waals surface area (Å²) in [5, 5.41) is 0. The second-order valence-electron chi connectivity index (χ2n) is 7.00. The molecule has 2 fully saturated rings. The van der Waals surface area contributed by atoms with Gasteiger partial charge in [-0.15, -0.1) is 12.4 Å². The SMILES string of the molecule is CCC1CCCCN1C(=O)C(C)N1CCC(C)(CN)C1.Cl. The van der Waals surface area contributed by atoms with Gasteiger partial charge in [-0.25, -0.2) is 0 Å². The van der Waals surface area contributed by atoms with Crippen LogP contribution >= 0.6 is 12.4 Å². The third-order valence-electron chi connectivity index (χ3n) is 5.37. The van der Waals surface area contributed by atoms with E-state index in [1.807, 2.05) is 0 Å². The summed E-state index contributed by atoms with van der Waals surface area (Å²) in [4.78, 5) is 17.3. The van der Waals surface area contributed by atoms with Crippen molar-refractivity contribution in [3.8, 4) is 0 Å². The molecule has 3 unspecified atom stereocenters. The number of nitrogens with zero attached hydrogens (tertiary/aromatic N) is 2. The third kappa shape index (κ3) is 4.11. The van der Waals surface area contributed by atoms with Gasteiger partial charge in [-0.1, -0.05) is 13.8 Å². The van der Waals surface area contributed by atoms with Crippen LogP contribution in [0.1, 0.15) is 52.9 Å². The van der Waals surface area contributed by atoms with Crippen LogP contribution in [0.4, 0.5) is 0 Å². The lowest BCUT2D eigenvalue weighted by Gasteiger charge is -2.39. The Bertz CT molecular complexity index is 352. The lowest BCUT2D eigenvalue weighted by Crippen LogP contribution is -2.52. The van der Waals surface area contributed by atoms with Gasteiger partial charge in [0.15, 0.2) is 0 Å². The number of likely N-dealkylation sites (tertiary alicyclic amines) is 2. The van der Waals surface area contributed by atoms with Crippen molar-refractivity contribution in [3.05, 3.63) is 0 Å². The quantitative estimate of drug-likeness (QED) is 0.865. The normalized spacial score (nSPS) is 31.8. The summed E-state index contributed by atoms with van der Waals surface area (Å²) < 4.78 is 0. The monoisotopic (exact) mass is 317 g/mol. The van der Waals surface area contributed by atoms with Crippen LogP contribution in [-0.2, 0) is 4.79 Å². The first kappa shape index (κ1) is 18.7. The molecule has 0 spiro atoms. The Balaban J connectivity index is 0.00000220. The van der Waals surface area contributed by atoms with Gasteiger partial charge in [0.1, 0.15) is 0 Å². The van der Waals surface area contributed by atoms with Gasteiger partial charge in [-0.05, 0) is 57.5 Å². The molecule has 21 heavy (non-hydrogen) atoms. The van der Waals surface area contributed by atoms with Crippen molar-refractivity contribution in [2.75, 3.05) is 26.2 Å². The Kier molecular flexibility index (Phi) is 6.95. The highest BCUT2D eigenvalue weighted by Gasteiger charge is 2.38. The fourth-order valence-electron chi connectivity index (χ4n) is 3.67. The van der Waals surface area contributed by atoms with Crippen LogP contribution in [0.3, 0.4) is 0 Å². The standard InChI is InChI=1S/C16H31N3O.ClH/c1-4-14-7-5-6-9-19(14)15(20)13(2)18-10-8-16(3,11-17)12-18;/h13-14H,4-12,17H2,1-3H3;1H. The highest BCUT2D eigenvalue weighted by Crippen LogP contribution is 2.31. The van der Waals surface area contributed by atoms with Gasteiger partial charge in [-0.3, -0.25) is 9.69 Å². The zero-order valence-electron chi connectivity index (χ0n) is 13.8. The van der Waals surface area contributed by atoms with Crippen molar-refractivity contribution >= 4 is 18.3 Å². The van der Waals surface area contributed by atoms with Gasteiger partial charge in [0, 0.05) is 19.1 Å². The van der Waals surface area contributed by atoms with Gasteiger partial charge < -0.3 is 10.6 Å². The minimum Gasteiger partial charge on any atom is -0.338 e. The van der Waals surface area contributed by atoms with Crippen molar-refractivity contribution < 1.29 is 4.79 Å². The number of hydrogen-bond donors (Lipinski definition) is 1. The molecule has 0 bridgehead atoms. The Morgan fingerprint density at radius 2 is 2.10 bits per heavy atom. The third-order valence-corrected chi connectivity index (χ3v) is 5.37. The van der Waals surface area contributed by atoms with Crippen LogP contribution in [-0.4, -0.2) is 54.0 Å². The molecule has 2 rings (SSSR count). The lowest BCUT2D eigenvalue weighted by molar-refractivity contribution is -0.140. The van der Waals surface area contributed by atoms with Crippen molar-refractivity contribution in [1.82, 2.24) is 9.80 Å². The van der Waals surface area contributed by atoms with E-state index >= 15 is 0 Å². The highest BCUT2D eigenvalue weighted by molar-refractivity contribution is 5.85. The second-order valence-corrected chi connectivity index (χ2v) is 7.00. The number of halogens is 1. The molecule has 3 atom stereocenters. The van der Waals surface area contributed by atoms with Gasteiger partial charge >= 0.3 is 0 Å². The Morgan fingerprint density at radius 1 is 1.38 bits per heavy atom. The molecule has 2 aliphatic rings. The van der Waals surface area contributed by atoms with E-state index in [0.717, 1.165) is 38.9 Å². The zero-order chi connectivity index (χ0) is 14.8. The van der Waals surface area contributed by atoms with Crippen molar-refractivity contribution in [3.63, 3.8) is 0 Å². The van der Waals surface area contributed by atoms with E-state index in [9.17, 15) is 4.79 Å². The average Bonchev–Trinajstić information content (AvgIpc) is 2.89. The second kappa shape index (κ2) is 7.80. The Hall–Kier alpha value is -0.320. The van der Waals surface area contributed by atoms with Crippen LogP contribution in [0.2, 0.25) is 0 Å². The highest BCUT2D eigenvalue weighted by atomic mass is 35.5. The Morgan fingerprint density at radius 3 is 2.67 bits per heavy atom. The number of amides is 1. The van der Waals surface area contributed by atoms with Crippen LogP contribution in [0.15, 0.2) is 0 Å². The van der Waals surface area contributed by atoms with E-state index in [1.165, 1.54) is 12.8 Å². The number of rotatable bonds is 4. The molecular weight excluding hydrogens is 286 g/mol. The van der Waals surface area contributed by atoms with Crippen molar-refractivity contribution in [2.45, 2.75) is 65.0 Å². The number of piperidine rings is 1. The van der Waals surface area contributed by atoms with E-state index in [1.54, 1.807) is 0 Å². The average molecular weight is 318 g/mol. The molecule has 0 aromatic rings. The molecule has 2 heterocycles. The molecule has 2 saturated heterocycles. The molecule has 0 radical (unpaired) electrons. The lowest BCUT2D eigenvalue weighted by atomic mass is 9.90. The van der Waals surface area contributed by atoms with Crippen LogP contribution in [0.5, 0.6) is 0 Å². The summed E-state index contributed by atoms with van der Waals surface area (Å²) in [5.74, 6) is 0.331. The maximum absolute atomic E-state index is 12.8. The van der Waals surface area contributed by atoms with E-state index in [0.29, 0.717) is 18.5 Å². The van der Waals surface area contributed by atoms with E-state index in [2.05, 4.69) is 30.6 Å². The maximum atomic E-state index is 12.8. The summed E-state index contributed by atoms with van der Waals surface area (Å²) in [6.45, 7) is 10.1. The molecule has 0 saturated carbocycles. The van der Waals surface area contributed by atoms with E-state index in [4.69, 9.17) is 5.73 Å². The molecule has 0 aromatic carbocycles. The fraction of sp³-hybridized carbons (Fsp3) is 0.938. The number of carbonyl (C=O) groups excluding carboxylic acids is 1. The predicted molar refractivity (Wildman–Crippen MR) is 89.7 cm³/mol. The van der Waals surface area contributed by atoms with Crippen molar-refractivity contribution in [1.29, 1.82) is 0 Å². The maximum Gasteiger partial charge on any atom is 0.239 e. The molecule has 5 heteroatoms. The van der Waals surface area contributed by atoms with Gasteiger partial charge in [-0.2, -0.15) is 0 Å². The number of hydrogen-bond acceptors (Lipinski definition) is 3. The fourth-order valence-corrected chi connectivity index (χ4v) is 3.67. The van der Waals surface area contributed by atoms with Crippen LogP contribution in [0.25, 0.3) is 0 Å². The molecule has 1 amide bonds. The molecule has 0 aliphatic carbocycles. The first-order valence-corrected chi connectivity index (χ1v) is 8.25. The molecule has 4 nitrogen and oxygen atoms in total. The summed E-state index contributed by atoms with van der Waals surface area (Å²) in [7, 11) is 0. The molecule has 2 aliphatic heterocycles. The summed E-state index contributed by atoms with van der Waals surface area (Å²) in [5.41, 5.74) is 6.07. The van der Waals surface area contributed by atoms with E-state index < -0.39 is 0 Å². The molecular formula is C16H32ClN3O. The summed E-state index contributed by atoms with van der Waals surface area (Å²) >= 11 is 0. The first-order chi connectivity index (χ1) is 9.50. The van der Waals surface area contributed by atoms with Gasteiger partial charge in [0.2, 0.25) is 5.91 Å². The largest absolute Gasteiger partial charge is 0.338 e. The van der Waals surface area contributed by atoms with Crippen LogP contribution < -0.4 is 5.73 Å². The number of carbonyl (C=O) groups is 1. The minimum absolute atomic E-state index is 0. The zero-order valence-corrected chi connectivity index (χ0v) is 14.6. The Labute approximate surface area is 135 Å². The predicted octanol–water partition coefficient (Wildman–Crippen LogP) is 2.26. The summed E-state index contributed by atoms with van der Waals surface area (Å²) in [6.07, 6.45) is 5.80. The first-order valence-electron chi connectivity index (χ1n) is 8.25. The smallest absolute Gasteiger partial charge is 0.239 e. The minimum atomic E-state index is 0. The van der Waals surface area contributed by atoms with Gasteiger partial charge in [0.05, 0.1) is 6.04 Å². The number of nitrogens with two attached hydrogens (primary N) is 1. The van der Waals surface area contributed by atoms with Gasteiger partial charge in [0.25, 0.3) is 0 Å². The molecule has 2 N–H and O–H groups in total. The molecule has 124 valence electrons. The van der Waals surface area contributed by atoms with Crippen LogP contribution in [0, 0.1) is 5.41 Å². The molecule has 0 aromatic heterocycles.